The van der Waals surface area contributed by atoms with E-state index in [2.05, 4.69) is 46.7 Å². The highest BCUT2D eigenvalue weighted by atomic mass is 79.9. The van der Waals surface area contributed by atoms with E-state index in [0.29, 0.717) is 17.4 Å². The summed E-state index contributed by atoms with van der Waals surface area (Å²) in [5, 5.41) is 0. The van der Waals surface area contributed by atoms with Crippen LogP contribution in [0.2, 0.25) is 0 Å². The molecule has 6 heteroatoms. The monoisotopic (exact) mass is 369 g/mol. The maximum Gasteiger partial charge on any atom is 0.141 e. The quantitative estimate of drug-likeness (QED) is 0.806. The molecule has 0 bridgehead atoms. The predicted molar refractivity (Wildman–Crippen MR) is 88.8 cm³/mol. The van der Waals surface area contributed by atoms with Gasteiger partial charge in [-0.1, -0.05) is 26.8 Å². The molecule has 0 saturated heterocycles. The zero-order valence-corrected chi connectivity index (χ0v) is 14.6. The van der Waals surface area contributed by atoms with E-state index < -0.39 is 0 Å². The Hall–Kier alpha value is -1.14. The molecule has 2 rings (SSSR count). The fourth-order valence-electron chi connectivity index (χ4n) is 1.78. The molecule has 0 aliphatic rings. The number of hydrogen-bond acceptors (Lipinski definition) is 4. The first-order valence-electron chi connectivity index (χ1n) is 6.48. The van der Waals surface area contributed by atoms with Gasteiger partial charge >= 0.3 is 0 Å². The molecule has 0 fully saturated rings. The van der Waals surface area contributed by atoms with Crippen LogP contribution >= 0.6 is 27.7 Å². The van der Waals surface area contributed by atoms with Gasteiger partial charge in [-0.15, -0.1) is 11.8 Å². The Balaban J connectivity index is 2.23. The van der Waals surface area contributed by atoms with E-state index >= 15 is 0 Å². The van der Waals surface area contributed by atoms with Crippen LogP contribution in [0.5, 0.6) is 0 Å². The number of hydrogen-bond donors (Lipinski definition) is 1. The predicted octanol–water partition coefficient (Wildman–Crippen LogP) is 4.55. The lowest BCUT2D eigenvalue weighted by atomic mass is 9.92. The summed E-state index contributed by atoms with van der Waals surface area (Å²) in [4.78, 5) is 9.72. The molecule has 2 N–H and O–H groups in total. The summed E-state index contributed by atoms with van der Waals surface area (Å²) >= 11 is 4.94. The minimum Gasteiger partial charge on any atom is -0.383 e. The second-order valence-corrected chi connectivity index (χ2v) is 7.53. The van der Waals surface area contributed by atoms with E-state index in [0.717, 1.165) is 15.1 Å². The van der Waals surface area contributed by atoms with Gasteiger partial charge in [0.2, 0.25) is 0 Å². The lowest BCUT2D eigenvalue weighted by molar-refractivity contribution is 0.561. The van der Waals surface area contributed by atoms with E-state index in [1.165, 1.54) is 23.9 Å². The summed E-state index contributed by atoms with van der Waals surface area (Å²) in [6, 6.07) is 6.48. The maximum atomic E-state index is 13.2. The Bertz CT molecular complexity index is 656. The first-order chi connectivity index (χ1) is 9.77. The standard InChI is InChI=1S/C15H17BrFN3S/c1-15(2,3)13-12(16)14(18)20-11(19-13)8-21-10-6-4-5-9(17)7-10/h4-7H,8H2,1-3H3,(H2,18,19,20). The van der Waals surface area contributed by atoms with Crippen molar-refractivity contribution in [3.05, 3.63) is 46.1 Å². The number of aromatic nitrogens is 2. The van der Waals surface area contributed by atoms with Gasteiger partial charge in [0.25, 0.3) is 0 Å². The number of anilines is 1. The summed E-state index contributed by atoms with van der Waals surface area (Å²) in [5.74, 6) is 1.38. The number of nitrogens with two attached hydrogens (primary N) is 1. The van der Waals surface area contributed by atoms with E-state index in [1.54, 1.807) is 6.07 Å². The number of nitrogen functional groups attached to an aromatic ring is 1. The van der Waals surface area contributed by atoms with E-state index in [9.17, 15) is 4.39 Å². The van der Waals surface area contributed by atoms with Gasteiger partial charge in [-0.25, -0.2) is 14.4 Å². The fraction of sp³-hybridized carbons (Fsp3) is 0.333. The van der Waals surface area contributed by atoms with Gasteiger partial charge in [-0.05, 0) is 34.1 Å². The Morgan fingerprint density at radius 2 is 2.00 bits per heavy atom. The molecule has 0 aliphatic heterocycles. The van der Waals surface area contributed by atoms with Crippen molar-refractivity contribution in [2.45, 2.75) is 36.8 Å². The molecule has 112 valence electrons. The first kappa shape index (κ1) is 16.2. The van der Waals surface area contributed by atoms with Gasteiger partial charge in [0.15, 0.2) is 0 Å². The Morgan fingerprint density at radius 1 is 1.29 bits per heavy atom. The average molecular weight is 370 g/mol. The van der Waals surface area contributed by atoms with Crippen LogP contribution in [0.1, 0.15) is 32.3 Å². The highest BCUT2D eigenvalue weighted by molar-refractivity contribution is 9.10. The third kappa shape index (κ3) is 4.17. The Kier molecular flexibility index (Phi) is 4.88. The van der Waals surface area contributed by atoms with Gasteiger partial charge in [0.05, 0.1) is 15.9 Å². The summed E-state index contributed by atoms with van der Waals surface area (Å²) in [5.41, 5.74) is 6.69. The molecule has 0 saturated carbocycles. The first-order valence-corrected chi connectivity index (χ1v) is 8.26. The molecule has 0 unspecified atom stereocenters. The van der Waals surface area contributed by atoms with Gasteiger partial charge in [0.1, 0.15) is 17.5 Å². The van der Waals surface area contributed by atoms with Crippen molar-refractivity contribution < 1.29 is 4.39 Å². The van der Waals surface area contributed by atoms with Crippen LogP contribution in [0, 0.1) is 5.82 Å². The molecular formula is C15H17BrFN3S. The Labute approximate surface area is 136 Å². The van der Waals surface area contributed by atoms with Crippen LogP contribution in [-0.2, 0) is 11.2 Å². The third-order valence-electron chi connectivity index (χ3n) is 2.80. The number of rotatable bonds is 3. The van der Waals surface area contributed by atoms with Crippen LogP contribution < -0.4 is 5.73 Å². The van der Waals surface area contributed by atoms with Crippen molar-refractivity contribution in [1.82, 2.24) is 9.97 Å². The van der Waals surface area contributed by atoms with Crippen LogP contribution in [0.3, 0.4) is 0 Å². The summed E-state index contributed by atoms with van der Waals surface area (Å²) < 4.78 is 13.9. The number of halogens is 2. The maximum absolute atomic E-state index is 13.2. The van der Waals surface area contributed by atoms with Gasteiger partial charge in [0, 0.05) is 10.3 Å². The zero-order chi connectivity index (χ0) is 15.6. The van der Waals surface area contributed by atoms with Crippen molar-refractivity contribution in [2.24, 2.45) is 0 Å². The van der Waals surface area contributed by atoms with Crippen LogP contribution in [-0.4, -0.2) is 9.97 Å². The lowest BCUT2D eigenvalue weighted by Crippen LogP contribution is -2.17. The number of nitrogens with zero attached hydrogens (tertiary/aromatic N) is 2. The highest BCUT2D eigenvalue weighted by Gasteiger charge is 2.22. The van der Waals surface area contributed by atoms with E-state index in [-0.39, 0.29) is 11.2 Å². The molecule has 0 atom stereocenters. The minimum atomic E-state index is -0.244. The van der Waals surface area contributed by atoms with Gasteiger partial charge in [-0.2, -0.15) is 0 Å². The smallest absolute Gasteiger partial charge is 0.141 e. The van der Waals surface area contributed by atoms with Crippen LogP contribution in [0.4, 0.5) is 10.2 Å². The SMILES string of the molecule is CC(C)(C)c1nc(CSc2cccc(F)c2)nc(N)c1Br. The van der Waals surface area contributed by atoms with Crippen LogP contribution in [0.15, 0.2) is 33.6 Å². The molecule has 21 heavy (non-hydrogen) atoms. The molecule has 1 aromatic carbocycles. The van der Waals surface area contributed by atoms with Crippen molar-refractivity contribution in [3.8, 4) is 0 Å². The van der Waals surface area contributed by atoms with Gasteiger partial charge < -0.3 is 5.73 Å². The summed E-state index contributed by atoms with van der Waals surface area (Å²) in [6.07, 6.45) is 0. The van der Waals surface area contributed by atoms with E-state index in [1.807, 2.05) is 6.07 Å². The number of benzene rings is 1. The lowest BCUT2D eigenvalue weighted by Gasteiger charge is -2.20. The second kappa shape index (κ2) is 6.32. The minimum absolute atomic E-state index is 0.131. The van der Waals surface area contributed by atoms with Crippen molar-refractivity contribution in [1.29, 1.82) is 0 Å². The molecule has 3 nitrogen and oxygen atoms in total. The van der Waals surface area contributed by atoms with Gasteiger partial charge in [-0.3, -0.25) is 0 Å². The van der Waals surface area contributed by atoms with Crippen molar-refractivity contribution in [3.63, 3.8) is 0 Å². The largest absolute Gasteiger partial charge is 0.383 e. The number of thioether (sulfide) groups is 1. The molecule has 0 aliphatic carbocycles. The summed E-state index contributed by atoms with van der Waals surface area (Å²) in [6.45, 7) is 6.22. The molecule has 0 spiro atoms. The second-order valence-electron chi connectivity index (χ2n) is 5.68. The van der Waals surface area contributed by atoms with Crippen molar-refractivity contribution >= 4 is 33.5 Å². The summed E-state index contributed by atoms with van der Waals surface area (Å²) in [7, 11) is 0. The Morgan fingerprint density at radius 3 is 2.62 bits per heavy atom. The topological polar surface area (TPSA) is 51.8 Å². The molecular weight excluding hydrogens is 353 g/mol. The van der Waals surface area contributed by atoms with Crippen LogP contribution in [0.25, 0.3) is 0 Å². The van der Waals surface area contributed by atoms with Crippen molar-refractivity contribution in [2.75, 3.05) is 5.73 Å². The third-order valence-corrected chi connectivity index (χ3v) is 4.57. The van der Waals surface area contributed by atoms with E-state index in [4.69, 9.17) is 5.73 Å². The molecule has 1 heterocycles. The zero-order valence-electron chi connectivity index (χ0n) is 12.2. The fourth-order valence-corrected chi connectivity index (χ4v) is 3.35. The molecule has 0 radical (unpaired) electrons. The molecule has 0 amide bonds. The molecule has 1 aromatic heterocycles. The highest BCUT2D eigenvalue weighted by Crippen LogP contribution is 2.32. The molecule has 2 aromatic rings. The average Bonchev–Trinajstić information content (AvgIpc) is 2.38. The normalized spacial score (nSPS) is 11.7.